The number of amides is 1. The van der Waals surface area contributed by atoms with Gasteiger partial charge in [-0.15, -0.1) is 5.10 Å². The Morgan fingerprint density at radius 3 is 2.77 bits per heavy atom. The van der Waals surface area contributed by atoms with Gasteiger partial charge in [0, 0.05) is 35.0 Å². The summed E-state index contributed by atoms with van der Waals surface area (Å²) in [5.74, 6) is 1.26. The van der Waals surface area contributed by atoms with E-state index in [0.29, 0.717) is 16.6 Å². The number of nitrogens with zero attached hydrogens (tertiary/aromatic N) is 7. The maximum absolute atomic E-state index is 13.5. The van der Waals surface area contributed by atoms with E-state index in [2.05, 4.69) is 25.5 Å². The standard InChI is InChI=1S/C27H21ClN8O3/c1-34-22-5-2-15(9-24(22)39-13-26(34)38)20-12-29-27(31-20)23-7-4-18-8-16(10-25(37)36(18)23)19-11-17(28)3-6-21(19)35-14-30-32-33-35/h2-3,5-6,8-12,14,23H,4,7,13H2,1H3,(H,29,31)/t23-/m0/s1. The zero-order valence-corrected chi connectivity index (χ0v) is 21.5. The number of aromatic amines is 1. The highest BCUT2D eigenvalue weighted by Crippen LogP contribution is 2.37. The molecule has 2 aliphatic rings. The van der Waals surface area contributed by atoms with E-state index >= 15 is 0 Å². The number of aryl methyl sites for hydroxylation is 1. The van der Waals surface area contributed by atoms with Crippen molar-refractivity contribution in [2.45, 2.75) is 18.9 Å². The van der Waals surface area contributed by atoms with Gasteiger partial charge in [-0.3, -0.25) is 9.59 Å². The molecule has 0 unspecified atom stereocenters. The van der Waals surface area contributed by atoms with Crippen molar-refractivity contribution in [2.24, 2.45) is 0 Å². The fourth-order valence-electron chi connectivity index (χ4n) is 5.32. The van der Waals surface area contributed by atoms with Gasteiger partial charge in [0.2, 0.25) is 0 Å². The Labute approximate surface area is 226 Å². The van der Waals surface area contributed by atoms with Crippen molar-refractivity contribution in [3.8, 4) is 33.8 Å². The summed E-state index contributed by atoms with van der Waals surface area (Å²) in [6.45, 7) is 0.0113. The number of likely N-dealkylation sites (N-methyl/N-ethyl adjacent to an activating group) is 1. The molecule has 1 atom stereocenters. The lowest BCUT2D eigenvalue weighted by molar-refractivity contribution is -0.120. The number of carbonyl (C=O) groups is 1. The van der Waals surface area contributed by atoms with Gasteiger partial charge < -0.3 is 19.2 Å². The SMILES string of the molecule is CN1C(=O)COc2cc(-c3cnc([C@@H]4CCc5cc(-c6cc(Cl)ccc6-n6cnnn6)cc(=O)n54)[nH]3)ccc21. The van der Waals surface area contributed by atoms with E-state index in [-0.39, 0.29) is 24.1 Å². The third-order valence-corrected chi connectivity index (χ3v) is 7.50. The number of benzene rings is 2. The fraction of sp³-hybridized carbons (Fsp3) is 0.185. The molecule has 1 amide bonds. The Morgan fingerprint density at radius 2 is 1.92 bits per heavy atom. The lowest BCUT2D eigenvalue weighted by Crippen LogP contribution is -2.35. The second-order valence-corrected chi connectivity index (χ2v) is 9.96. The van der Waals surface area contributed by atoms with Crippen LogP contribution in [0.3, 0.4) is 0 Å². The molecule has 12 heteroatoms. The summed E-state index contributed by atoms with van der Waals surface area (Å²) < 4.78 is 8.98. The van der Waals surface area contributed by atoms with Gasteiger partial charge in [-0.1, -0.05) is 17.7 Å². The van der Waals surface area contributed by atoms with Crippen LogP contribution in [0.15, 0.2) is 65.8 Å². The summed E-state index contributed by atoms with van der Waals surface area (Å²) in [5.41, 5.74) is 5.44. The van der Waals surface area contributed by atoms with E-state index in [1.165, 1.54) is 6.33 Å². The number of ether oxygens (including phenoxy) is 1. The number of rotatable bonds is 4. The van der Waals surface area contributed by atoms with Gasteiger partial charge in [0.25, 0.3) is 11.5 Å². The number of aromatic nitrogens is 7. The zero-order valence-electron chi connectivity index (χ0n) is 20.7. The molecule has 0 radical (unpaired) electrons. The Bertz CT molecular complexity index is 1810. The number of imidazole rings is 1. The Balaban J connectivity index is 1.22. The highest BCUT2D eigenvalue weighted by molar-refractivity contribution is 6.31. The van der Waals surface area contributed by atoms with Crippen molar-refractivity contribution in [2.75, 3.05) is 18.6 Å². The van der Waals surface area contributed by atoms with Crippen LogP contribution in [-0.4, -0.2) is 54.3 Å². The molecule has 0 spiro atoms. The predicted octanol–water partition coefficient (Wildman–Crippen LogP) is 3.43. The van der Waals surface area contributed by atoms with Crippen LogP contribution in [-0.2, 0) is 11.2 Å². The minimum absolute atomic E-state index is 0.0113. The molecule has 0 fully saturated rings. The maximum atomic E-state index is 13.5. The average molecular weight is 541 g/mol. The number of carbonyl (C=O) groups excluding carboxylic acids is 1. The second-order valence-electron chi connectivity index (χ2n) is 9.52. The highest BCUT2D eigenvalue weighted by Gasteiger charge is 2.29. The first-order chi connectivity index (χ1) is 19.0. The molecule has 3 aromatic heterocycles. The van der Waals surface area contributed by atoms with Gasteiger partial charge in [-0.25, -0.2) is 4.98 Å². The maximum Gasteiger partial charge on any atom is 0.264 e. The monoisotopic (exact) mass is 540 g/mol. The van der Waals surface area contributed by atoms with Crippen LogP contribution >= 0.6 is 11.6 Å². The first kappa shape index (κ1) is 23.4. The molecule has 5 heterocycles. The van der Waals surface area contributed by atoms with E-state index in [1.54, 1.807) is 39.5 Å². The van der Waals surface area contributed by atoms with Crippen LogP contribution in [0.5, 0.6) is 5.75 Å². The smallest absolute Gasteiger partial charge is 0.264 e. The Hall–Kier alpha value is -4.77. The van der Waals surface area contributed by atoms with Crippen LogP contribution in [0.25, 0.3) is 28.1 Å². The van der Waals surface area contributed by atoms with E-state index < -0.39 is 0 Å². The van der Waals surface area contributed by atoms with E-state index in [9.17, 15) is 9.59 Å². The molecule has 1 N–H and O–H groups in total. The molecule has 11 nitrogen and oxygen atoms in total. The van der Waals surface area contributed by atoms with Crippen molar-refractivity contribution in [1.82, 2.24) is 34.7 Å². The molecule has 39 heavy (non-hydrogen) atoms. The molecule has 194 valence electrons. The van der Waals surface area contributed by atoms with Crippen LogP contribution in [0.2, 0.25) is 5.02 Å². The molecule has 2 aliphatic heterocycles. The normalized spacial score (nSPS) is 16.2. The third-order valence-electron chi connectivity index (χ3n) is 7.27. The summed E-state index contributed by atoms with van der Waals surface area (Å²) in [7, 11) is 1.73. The van der Waals surface area contributed by atoms with E-state index in [4.69, 9.17) is 16.3 Å². The molecule has 0 bridgehead atoms. The minimum atomic E-state index is -0.216. The number of nitrogens with one attached hydrogen (secondary N) is 1. The Morgan fingerprint density at radius 1 is 1.05 bits per heavy atom. The van der Waals surface area contributed by atoms with Crippen LogP contribution < -0.4 is 15.2 Å². The highest BCUT2D eigenvalue weighted by atomic mass is 35.5. The van der Waals surface area contributed by atoms with Crippen LogP contribution in [0, 0.1) is 0 Å². The first-order valence-electron chi connectivity index (χ1n) is 12.3. The van der Waals surface area contributed by atoms with E-state index in [1.807, 2.05) is 36.4 Å². The number of pyridine rings is 1. The van der Waals surface area contributed by atoms with Gasteiger partial charge in [-0.05, 0) is 65.2 Å². The van der Waals surface area contributed by atoms with Crippen molar-refractivity contribution < 1.29 is 9.53 Å². The number of hydrogen-bond donors (Lipinski definition) is 1. The molecular formula is C27H21ClN8O3. The average Bonchev–Trinajstić information content (AvgIpc) is 3.71. The molecule has 0 aliphatic carbocycles. The second kappa shape index (κ2) is 8.91. The van der Waals surface area contributed by atoms with Gasteiger partial charge in [0.05, 0.1) is 29.3 Å². The van der Waals surface area contributed by atoms with Crippen LogP contribution in [0.4, 0.5) is 5.69 Å². The van der Waals surface area contributed by atoms with Crippen molar-refractivity contribution >= 4 is 23.2 Å². The number of tetrazole rings is 1. The number of halogens is 1. The molecule has 7 rings (SSSR count). The summed E-state index contributed by atoms with van der Waals surface area (Å²) in [6.07, 6.45) is 4.72. The molecule has 2 aromatic carbocycles. The lowest BCUT2D eigenvalue weighted by atomic mass is 10.0. The topological polar surface area (TPSA) is 124 Å². The number of H-pyrrole nitrogens is 1. The molecule has 0 saturated heterocycles. The minimum Gasteiger partial charge on any atom is -0.482 e. The van der Waals surface area contributed by atoms with Gasteiger partial charge in [-0.2, -0.15) is 4.68 Å². The third kappa shape index (κ3) is 3.89. The molecular weight excluding hydrogens is 520 g/mol. The fourth-order valence-corrected chi connectivity index (χ4v) is 5.49. The summed E-state index contributed by atoms with van der Waals surface area (Å²) in [5, 5.41) is 12.0. The van der Waals surface area contributed by atoms with Crippen molar-refractivity contribution in [1.29, 1.82) is 0 Å². The van der Waals surface area contributed by atoms with Gasteiger partial charge in [0.1, 0.15) is 17.9 Å². The summed E-state index contributed by atoms with van der Waals surface area (Å²) in [4.78, 5) is 35.0. The zero-order chi connectivity index (χ0) is 26.7. The van der Waals surface area contributed by atoms with E-state index in [0.717, 1.165) is 52.3 Å². The largest absolute Gasteiger partial charge is 0.482 e. The van der Waals surface area contributed by atoms with Crippen molar-refractivity contribution in [3.63, 3.8) is 0 Å². The molecule has 5 aromatic rings. The van der Waals surface area contributed by atoms with Gasteiger partial charge >= 0.3 is 0 Å². The van der Waals surface area contributed by atoms with Crippen molar-refractivity contribution in [3.05, 3.63) is 87.9 Å². The van der Waals surface area contributed by atoms with Gasteiger partial charge in [0.15, 0.2) is 6.61 Å². The predicted molar refractivity (Wildman–Crippen MR) is 143 cm³/mol. The first-order valence-corrected chi connectivity index (χ1v) is 12.7. The summed E-state index contributed by atoms with van der Waals surface area (Å²) in [6, 6.07) is 14.5. The number of anilines is 1. The Kier molecular flexibility index (Phi) is 5.34. The number of fused-ring (bicyclic) bond motifs is 2. The summed E-state index contributed by atoms with van der Waals surface area (Å²) >= 11 is 6.31. The quantitative estimate of drug-likeness (QED) is 0.370. The number of hydrogen-bond acceptors (Lipinski definition) is 7. The lowest BCUT2D eigenvalue weighted by Gasteiger charge is -2.26. The van der Waals surface area contributed by atoms with Crippen LogP contribution in [0.1, 0.15) is 24.0 Å². The molecule has 0 saturated carbocycles.